The number of nitro groups is 1. The fourth-order valence-corrected chi connectivity index (χ4v) is 3.09. The zero-order valence-electron chi connectivity index (χ0n) is 12.0. The van der Waals surface area contributed by atoms with Crippen LogP contribution in [0.5, 0.6) is 0 Å². The first-order chi connectivity index (χ1) is 10.6. The summed E-state index contributed by atoms with van der Waals surface area (Å²) in [5.41, 5.74) is 1.91. The molecule has 0 saturated carbocycles. The van der Waals surface area contributed by atoms with Crippen LogP contribution >= 0.6 is 11.8 Å². The zero-order valence-corrected chi connectivity index (χ0v) is 12.8. The molecule has 0 unspecified atom stereocenters. The van der Waals surface area contributed by atoms with Gasteiger partial charge in [0.15, 0.2) is 6.29 Å². The molecular weight excluding hydrogens is 302 g/mol. The van der Waals surface area contributed by atoms with Crippen molar-refractivity contribution >= 4 is 17.4 Å². The van der Waals surface area contributed by atoms with Crippen molar-refractivity contribution in [2.45, 2.75) is 23.0 Å². The van der Waals surface area contributed by atoms with Crippen LogP contribution < -0.4 is 0 Å². The van der Waals surface area contributed by atoms with E-state index in [0.717, 1.165) is 10.5 Å². The first kappa shape index (κ1) is 15.0. The van der Waals surface area contributed by atoms with Crippen molar-refractivity contribution in [2.24, 2.45) is 0 Å². The number of rotatable bonds is 4. The van der Waals surface area contributed by atoms with E-state index in [1.165, 1.54) is 17.8 Å². The van der Waals surface area contributed by atoms with Crippen LogP contribution in [0.15, 0.2) is 52.3 Å². The van der Waals surface area contributed by atoms with Gasteiger partial charge in [0.05, 0.1) is 23.0 Å². The fraction of sp³-hybridized carbons (Fsp3) is 0.250. The van der Waals surface area contributed by atoms with Crippen LogP contribution in [0.2, 0.25) is 0 Å². The second-order valence-corrected chi connectivity index (χ2v) is 6.09. The SMILES string of the molecule is Cc1ccc(Sc2ccc(C3OCCO3)cc2[N+](=O)[O-])cc1. The number of hydrogen-bond acceptors (Lipinski definition) is 5. The molecule has 0 amide bonds. The Morgan fingerprint density at radius 2 is 1.82 bits per heavy atom. The minimum atomic E-state index is -0.503. The summed E-state index contributed by atoms with van der Waals surface area (Å²) >= 11 is 1.38. The van der Waals surface area contributed by atoms with E-state index in [1.54, 1.807) is 6.07 Å². The Hall–Kier alpha value is -1.89. The summed E-state index contributed by atoms with van der Waals surface area (Å²) in [5, 5.41) is 11.3. The molecule has 0 aromatic heterocycles. The maximum Gasteiger partial charge on any atom is 0.283 e. The number of benzene rings is 2. The molecule has 0 spiro atoms. The van der Waals surface area contributed by atoms with Gasteiger partial charge in [-0.05, 0) is 25.1 Å². The quantitative estimate of drug-likeness (QED) is 0.627. The third-order valence-electron chi connectivity index (χ3n) is 3.32. The Balaban J connectivity index is 1.89. The summed E-state index contributed by atoms with van der Waals surface area (Å²) in [7, 11) is 0. The van der Waals surface area contributed by atoms with Gasteiger partial charge in [0.25, 0.3) is 5.69 Å². The molecule has 0 aliphatic carbocycles. The minimum Gasteiger partial charge on any atom is -0.346 e. The number of nitrogens with zero attached hydrogens (tertiary/aromatic N) is 1. The predicted octanol–water partition coefficient (Wildman–Crippen LogP) is 4.10. The maximum absolute atomic E-state index is 11.3. The molecule has 1 saturated heterocycles. The van der Waals surface area contributed by atoms with Crippen molar-refractivity contribution in [1.82, 2.24) is 0 Å². The molecule has 6 heteroatoms. The van der Waals surface area contributed by atoms with Crippen LogP contribution in [0.3, 0.4) is 0 Å². The molecule has 1 aliphatic rings. The Labute approximate surface area is 132 Å². The standard InChI is InChI=1S/C16H15NO4S/c1-11-2-5-13(6-3-11)22-15-7-4-12(10-14(15)17(18)19)16-20-8-9-21-16/h2-7,10,16H,8-9H2,1H3. The summed E-state index contributed by atoms with van der Waals surface area (Å²) in [4.78, 5) is 12.6. The van der Waals surface area contributed by atoms with Crippen LogP contribution in [-0.4, -0.2) is 18.1 Å². The summed E-state index contributed by atoms with van der Waals surface area (Å²) in [6.45, 7) is 3.03. The maximum atomic E-state index is 11.3. The fourth-order valence-electron chi connectivity index (χ4n) is 2.19. The molecular formula is C16H15NO4S. The molecule has 0 atom stereocenters. The topological polar surface area (TPSA) is 61.6 Å². The van der Waals surface area contributed by atoms with Crippen molar-refractivity contribution in [3.05, 3.63) is 63.7 Å². The number of aryl methyl sites for hydroxylation is 1. The molecule has 5 nitrogen and oxygen atoms in total. The molecule has 3 rings (SSSR count). The average Bonchev–Trinajstić information content (AvgIpc) is 3.04. The number of nitro benzene ring substituents is 1. The smallest absolute Gasteiger partial charge is 0.283 e. The van der Waals surface area contributed by atoms with Crippen molar-refractivity contribution in [3.63, 3.8) is 0 Å². The first-order valence-corrected chi connectivity index (χ1v) is 7.71. The van der Waals surface area contributed by atoms with Gasteiger partial charge < -0.3 is 9.47 Å². The molecule has 1 fully saturated rings. The van der Waals surface area contributed by atoms with Crippen LogP contribution in [0.4, 0.5) is 5.69 Å². The summed E-state index contributed by atoms with van der Waals surface area (Å²) in [6.07, 6.45) is -0.503. The summed E-state index contributed by atoms with van der Waals surface area (Å²) in [5.74, 6) is 0. The molecule has 114 valence electrons. The van der Waals surface area contributed by atoms with Gasteiger partial charge in [0.1, 0.15) is 0 Å². The van der Waals surface area contributed by atoms with E-state index < -0.39 is 6.29 Å². The summed E-state index contributed by atoms with van der Waals surface area (Å²) in [6, 6.07) is 13.0. The van der Waals surface area contributed by atoms with E-state index in [9.17, 15) is 10.1 Å². The average molecular weight is 317 g/mol. The second-order valence-electron chi connectivity index (χ2n) is 4.97. The molecule has 0 N–H and O–H groups in total. The highest BCUT2D eigenvalue weighted by Crippen LogP contribution is 2.37. The van der Waals surface area contributed by atoms with Crippen molar-refractivity contribution in [3.8, 4) is 0 Å². The van der Waals surface area contributed by atoms with E-state index in [1.807, 2.05) is 37.3 Å². The Kier molecular flexibility index (Phi) is 4.42. The number of ether oxygens (including phenoxy) is 2. The van der Waals surface area contributed by atoms with Gasteiger partial charge in [-0.15, -0.1) is 0 Å². The lowest BCUT2D eigenvalue weighted by atomic mass is 10.2. The van der Waals surface area contributed by atoms with E-state index in [4.69, 9.17) is 9.47 Å². The molecule has 1 aliphatic heterocycles. The molecule has 1 heterocycles. The van der Waals surface area contributed by atoms with Crippen LogP contribution in [-0.2, 0) is 9.47 Å². The lowest BCUT2D eigenvalue weighted by Gasteiger charge is -2.10. The molecule has 2 aromatic rings. The molecule has 2 aromatic carbocycles. The van der Waals surface area contributed by atoms with Gasteiger partial charge in [-0.1, -0.05) is 35.5 Å². The third kappa shape index (κ3) is 3.30. The zero-order chi connectivity index (χ0) is 15.5. The van der Waals surface area contributed by atoms with E-state index >= 15 is 0 Å². The minimum absolute atomic E-state index is 0.0715. The van der Waals surface area contributed by atoms with E-state index in [0.29, 0.717) is 23.7 Å². The Morgan fingerprint density at radius 1 is 1.14 bits per heavy atom. The van der Waals surface area contributed by atoms with Crippen LogP contribution in [0.25, 0.3) is 0 Å². The van der Waals surface area contributed by atoms with Gasteiger partial charge in [-0.2, -0.15) is 0 Å². The summed E-state index contributed by atoms with van der Waals surface area (Å²) < 4.78 is 10.8. The molecule has 22 heavy (non-hydrogen) atoms. The highest BCUT2D eigenvalue weighted by atomic mass is 32.2. The van der Waals surface area contributed by atoms with Gasteiger partial charge in [-0.3, -0.25) is 10.1 Å². The molecule has 0 radical (unpaired) electrons. The lowest BCUT2D eigenvalue weighted by molar-refractivity contribution is -0.387. The number of hydrogen-bond donors (Lipinski definition) is 0. The predicted molar refractivity (Wildman–Crippen MR) is 83.0 cm³/mol. The monoisotopic (exact) mass is 317 g/mol. The lowest BCUT2D eigenvalue weighted by Crippen LogP contribution is -2.00. The first-order valence-electron chi connectivity index (χ1n) is 6.89. The highest BCUT2D eigenvalue weighted by molar-refractivity contribution is 7.99. The van der Waals surface area contributed by atoms with Crippen molar-refractivity contribution in [2.75, 3.05) is 13.2 Å². The van der Waals surface area contributed by atoms with Crippen LogP contribution in [0.1, 0.15) is 17.4 Å². The van der Waals surface area contributed by atoms with Crippen molar-refractivity contribution < 1.29 is 14.4 Å². The van der Waals surface area contributed by atoms with Gasteiger partial charge in [0.2, 0.25) is 0 Å². The van der Waals surface area contributed by atoms with E-state index in [2.05, 4.69) is 0 Å². The molecule has 0 bridgehead atoms. The van der Waals surface area contributed by atoms with Gasteiger partial charge in [-0.25, -0.2) is 0 Å². The third-order valence-corrected chi connectivity index (χ3v) is 4.40. The van der Waals surface area contributed by atoms with Gasteiger partial charge >= 0.3 is 0 Å². The normalized spacial score (nSPS) is 15.1. The largest absolute Gasteiger partial charge is 0.346 e. The Morgan fingerprint density at radius 3 is 2.45 bits per heavy atom. The highest BCUT2D eigenvalue weighted by Gasteiger charge is 2.23. The van der Waals surface area contributed by atoms with Crippen molar-refractivity contribution in [1.29, 1.82) is 0 Å². The second kappa shape index (κ2) is 6.48. The Bertz CT molecular complexity index is 681. The van der Waals surface area contributed by atoms with Gasteiger partial charge in [0, 0.05) is 16.5 Å². The van der Waals surface area contributed by atoms with Crippen LogP contribution in [0, 0.1) is 17.0 Å². The van der Waals surface area contributed by atoms with E-state index in [-0.39, 0.29) is 10.6 Å².